The molecule has 0 spiro atoms. The molecule has 1 rings (SSSR count). The fourth-order valence-corrected chi connectivity index (χ4v) is 1.52. The maximum Gasteiger partial charge on any atom is 0.128 e. The van der Waals surface area contributed by atoms with Crippen LogP contribution in [0.2, 0.25) is 0 Å². The van der Waals surface area contributed by atoms with E-state index in [0.717, 1.165) is 29.1 Å². The van der Waals surface area contributed by atoms with Crippen LogP contribution in [0.3, 0.4) is 0 Å². The zero-order chi connectivity index (χ0) is 10.6. The standard InChI is InChI=1S/C10H16BrN3/c1-3-14(7-6-12)10-5-4-9(11)8(2)13-10/h4-5H,3,6-7,12H2,1-2H3. The molecule has 0 aliphatic carbocycles. The highest BCUT2D eigenvalue weighted by Gasteiger charge is 2.05. The highest BCUT2D eigenvalue weighted by Crippen LogP contribution is 2.18. The summed E-state index contributed by atoms with van der Waals surface area (Å²) >= 11 is 3.43. The number of pyridine rings is 1. The number of anilines is 1. The van der Waals surface area contributed by atoms with Crippen LogP contribution in [0.5, 0.6) is 0 Å². The van der Waals surface area contributed by atoms with Gasteiger partial charge in [-0.25, -0.2) is 4.98 Å². The molecule has 78 valence electrons. The summed E-state index contributed by atoms with van der Waals surface area (Å²) in [5.74, 6) is 0.999. The molecular weight excluding hydrogens is 242 g/mol. The molecule has 0 bridgehead atoms. The van der Waals surface area contributed by atoms with Crippen LogP contribution in [0.4, 0.5) is 5.82 Å². The van der Waals surface area contributed by atoms with Gasteiger partial charge in [0.1, 0.15) is 5.82 Å². The molecule has 0 aromatic carbocycles. The van der Waals surface area contributed by atoms with Crippen LogP contribution in [0, 0.1) is 6.92 Å². The second kappa shape index (κ2) is 5.32. The van der Waals surface area contributed by atoms with Gasteiger partial charge in [-0.2, -0.15) is 0 Å². The molecule has 1 aromatic rings. The van der Waals surface area contributed by atoms with Crippen molar-refractivity contribution >= 4 is 21.7 Å². The van der Waals surface area contributed by atoms with Gasteiger partial charge < -0.3 is 10.6 Å². The van der Waals surface area contributed by atoms with E-state index in [1.807, 2.05) is 19.1 Å². The van der Waals surface area contributed by atoms with Crippen LogP contribution in [-0.4, -0.2) is 24.6 Å². The van der Waals surface area contributed by atoms with Gasteiger partial charge in [-0.1, -0.05) is 0 Å². The van der Waals surface area contributed by atoms with E-state index in [1.54, 1.807) is 0 Å². The van der Waals surface area contributed by atoms with Crippen LogP contribution in [0.15, 0.2) is 16.6 Å². The summed E-state index contributed by atoms with van der Waals surface area (Å²) in [6, 6.07) is 4.03. The van der Waals surface area contributed by atoms with Gasteiger partial charge in [-0.05, 0) is 41.9 Å². The molecule has 2 N–H and O–H groups in total. The molecule has 0 fully saturated rings. The molecule has 4 heteroatoms. The fraction of sp³-hybridized carbons (Fsp3) is 0.500. The maximum absolute atomic E-state index is 5.53. The Labute approximate surface area is 93.4 Å². The number of nitrogens with two attached hydrogens (primary N) is 1. The minimum absolute atomic E-state index is 0.657. The molecular formula is C10H16BrN3. The molecule has 1 heterocycles. The first-order chi connectivity index (χ1) is 6.69. The molecule has 0 radical (unpaired) electrons. The summed E-state index contributed by atoms with van der Waals surface area (Å²) < 4.78 is 1.05. The molecule has 3 nitrogen and oxygen atoms in total. The van der Waals surface area contributed by atoms with E-state index in [2.05, 4.69) is 32.7 Å². The van der Waals surface area contributed by atoms with Gasteiger partial charge in [0.15, 0.2) is 0 Å². The van der Waals surface area contributed by atoms with E-state index in [4.69, 9.17) is 5.73 Å². The van der Waals surface area contributed by atoms with Crippen LogP contribution in [0.25, 0.3) is 0 Å². The Morgan fingerprint density at radius 1 is 1.50 bits per heavy atom. The van der Waals surface area contributed by atoms with Crippen molar-refractivity contribution in [2.24, 2.45) is 5.73 Å². The minimum atomic E-state index is 0.657. The highest BCUT2D eigenvalue weighted by atomic mass is 79.9. The molecule has 0 aliphatic heterocycles. The maximum atomic E-state index is 5.53. The summed E-state index contributed by atoms with van der Waals surface area (Å²) in [6.45, 7) is 6.54. The van der Waals surface area contributed by atoms with Crippen molar-refractivity contribution < 1.29 is 0 Å². The number of likely N-dealkylation sites (N-methyl/N-ethyl adjacent to an activating group) is 1. The van der Waals surface area contributed by atoms with Crippen LogP contribution in [0.1, 0.15) is 12.6 Å². The number of aromatic nitrogens is 1. The van der Waals surface area contributed by atoms with Crippen molar-refractivity contribution in [3.63, 3.8) is 0 Å². The average molecular weight is 258 g/mol. The topological polar surface area (TPSA) is 42.1 Å². The molecule has 0 amide bonds. The summed E-state index contributed by atoms with van der Waals surface area (Å²) in [5.41, 5.74) is 6.54. The average Bonchev–Trinajstić information content (AvgIpc) is 2.19. The van der Waals surface area contributed by atoms with Gasteiger partial charge >= 0.3 is 0 Å². The lowest BCUT2D eigenvalue weighted by Crippen LogP contribution is -2.29. The van der Waals surface area contributed by atoms with Gasteiger partial charge in [-0.15, -0.1) is 0 Å². The van der Waals surface area contributed by atoms with E-state index in [-0.39, 0.29) is 0 Å². The third-order valence-corrected chi connectivity index (χ3v) is 2.95. The van der Waals surface area contributed by atoms with E-state index in [1.165, 1.54) is 0 Å². The van der Waals surface area contributed by atoms with Crippen LogP contribution in [-0.2, 0) is 0 Å². The molecule has 14 heavy (non-hydrogen) atoms. The van der Waals surface area contributed by atoms with E-state index < -0.39 is 0 Å². The highest BCUT2D eigenvalue weighted by molar-refractivity contribution is 9.10. The second-order valence-electron chi connectivity index (χ2n) is 3.11. The Balaban J connectivity index is 2.88. The lowest BCUT2D eigenvalue weighted by atomic mass is 10.3. The van der Waals surface area contributed by atoms with Gasteiger partial charge in [0.2, 0.25) is 0 Å². The van der Waals surface area contributed by atoms with Crippen LogP contribution >= 0.6 is 15.9 Å². The van der Waals surface area contributed by atoms with Crippen molar-refractivity contribution in [3.8, 4) is 0 Å². The molecule has 0 saturated carbocycles. The largest absolute Gasteiger partial charge is 0.356 e. The van der Waals surface area contributed by atoms with E-state index >= 15 is 0 Å². The number of nitrogens with zero attached hydrogens (tertiary/aromatic N) is 2. The number of aryl methyl sites for hydroxylation is 1. The van der Waals surface area contributed by atoms with Crippen molar-refractivity contribution in [1.29, 1.82) is 0 Å². The molecule has 1 aromatic heterocycles. The summed E-state index contributed by atoms with van der Waals surface area (Å²) in [7, 11) is 0. The lowest BCUT2D eigenvalue weighted by Gasteiger charge is -2.21. The Kier molecular flexibility index (Phi) is 4.35. The number of hydrogen-bond donors (Lipinski definition) is 1. The monoisotopic (exact) mass is 257 g/mol. The second-order valence-corrected chi connectivity index (χ2v) is 3.96. The summed E-state index contributed by atoms with van der Waals surface area (Å²) in [5, 5.41) is 0. The van der Waals surface area contributed by atoms with Crippen molar-refractivity contribution in [2.45, 2.75) is 13.8 Å². The van der Waals surface area contributed by atoms with Crippen molar-refractivity contribution in [3.05, 3.63) is 22.3 Å². The SMILES string of the molecule is CCN(CCN)c1ccc(Br)c(C)n1. The third kappa shape index (κ3) is 2.69. The first kappa shape index (κ1) is 11.5. The number of hydrogen-bond acceptors (Lipinski definition) is 3. The van der Waals surface area contributed by atoms with Gasteiger partial charge in [0.05, 0.1) is 5.69 Å². The van der Waals surface area contributed by atoms with Gasteiger partial charge in [0.25, 0.3) is 0 Å². The number of rotatable bonds is 4. The fourth-order valence-electron chi connectivity index (χ4n) is 1.30. The quantitative estimate of drug-likeness (QED) is 0.897. The predicted molar refractivity (Wildman–Crippen MR) is 63.6 cm³/mol. The smallest absolute Gasteiger partial charge is 0.128 e. The van der Waals surface area contributed by atoms with E-state index in [9.17, 15) is 0 Å². The van der Waals surface area contributed by atoms with Gasteiger partial charge in [0, 0.05) is 24.1 Å². The molecule has 0 aliphatic rings. The normalized spacial score (nSPS) is 10.3. The Morgan fingerprint density at radius 3 is 2.71 bits per heavy atom. The summed E-state index contributed by atoms with van der Waals surface area (Å²) in [6.07, 6.45) is 0. The molecule has 0 atom stereocenters. The van der Waals surface area contributed by atoms with Gasteiger partial charge in [-0.3, -0.25) is 0 Å². The zero-order valence-electron chi connectivity index (χ0n) is 8.63. The van der Waals surface area contributed by atoms with Crippen molar-refractivity contribution in [2.75, 3.05) is 24.5 Å². The molecule has 0 saturated heterocycles. The Hall–Kier alpha value is -0.610. The first-order valence-electron chi connectivity index (χ1n) is 4.77. The number of halogens is 1. The van der Waals surface area contributed by atoms with Crippen molar-refractivity contribution in [1.82, 2.24) is 4.98 Å². The summed E-state index contributed by atoms with van der Waals surface area (Å²) in [4.78, 5) is 6.65. The van der Waals surface area contributed by atoms with Crippen LogP contribution < -0.4 is 10.6 Å². The predicted octanol–water partition coefficient (Wildman–Crippen LogP) is 1.94. The van der Waals surface area contributed by atoms with E-state index in [0.29, 0.717) is 6.54 Å². The minimum Gasteiger partial charge on any atom is -0.356 e. The lowest BCUT2D eigenvalue weighted by molar-refractivity contribution is 0.799. The Bertz CT molecular complexity index is 301. The molecule has 0 unspecified atom stereocenters. The zero-order valence-corrected chi connectivity index (χ0v) is 10.2. The Morgan fingerprint density at radius 2 is 2.21 bits per heavy atom. The third-order valence-electron chi connectivity index (χ3n) is 2.11. The first-order valence-corrected chi connectivity index (χ1v) is 5.56.